The summed E-state index contributed by atoms with van der Waals surface area (Å²) in [6.45, 7) is 1.87. The third kappa shape index (κ3) is 5.10. The number of carbonyl (C=O) groups excluding carboxylic acids is 1. The van der Waals surface area contributed by atoms with Crippen molar-refractivity contribution >= 4 is 38.3 Å². The Bertz CT molecular complexity index is 1100. The average Bonchev–Trinajstić information content (AvgIpc) is 2.67. The highest BCUT2D eigenvalue weighted by molar-refractivity contribution is 7.89. The zero-order valence-electron chi connectivity index (χ0n) is 15.4. The van der Waals surface area contributed by atoms with E-state index < -0.39 is 10.0 Å². The molecule has 28 heavy (non-hydrogen) atoms. The summed E-state index contributed by atoms with van der Waals surface area (Å²) in [6, 6.07) is 19.5. The summed E-state index contributed by atoms with van der Waals surface area (Å²) in [5, 5.41) is 5.25. The molecule has 0 aliphatic carbocycles. The summed E-state index contributed by atoms with van der Waals surface area (Å²) < 4.78 is 27.4. The molecule has 1 atom stereocenters. The lowest BCUT2D eigenvalue weighted by Crippen LogP contribution is -2.32. The second-order valence-electron chi connectivity index (χ2n) is 6.50. The molecule has 7 heteroatoms. The molecule has 0 saturated heterocycles. The molecule has 1 amide bonds. The van der Waals surface area contributed by atoms with E-state index in [9.17, 15) is 13.2 Å². The van der Waals surface area contributed by atoms with Gasteiger partial charge >= 0.3 is 0 Å². The fraction of sp³-hybridized carbons (Fsp3) is 0.190. The summed E-state index contributed by atoms with van der Waals surface area (Å²) in [5.74, 6) is -0.242. The Labute approximate surface area is 169 Å². The van der Waals surface area contributed by atoms with Crippen LogP contribution in [0.2, 0.25) is 5.02 Å². The number of amides is 1. The maximum Gasteiger partial charge on any atom is 0.240 e. The second-order valence-corrected chi connectivity index (χ2v) is 8.70. The van der Waals surface area contributed by atoms with Crippen LogP contribution >= 0.6 is 11.6 Å². The van der Waals surface area contributed by atoms with E-state index in [1.165, 1.54) is 0 Å². The molecule has 0 radical (unpaired) electrons. The van der Waals surface area contributed by atoms with Crippen molar-refractivity contribution in [1.82, 2.24) is 10.0 Å². The molecule has 0 saturated carbocycles. The number of hydrogen-bond donors (Lipinski definition) is 2. The Morgan fingerprint density at radius 2 is 1.75 bits per heavy atom. The SMILES string of the molecule is CC(NC(=O)CCNS(=O)(=O)c1ccc2ccccc2c1)c1cccc(Cl)c1. The first kappa shape index (κ1) is 20.3. The van der Waals surface area contributed by atoms with Gasteiger partial charge in [0.1, 0.15) is 0 Å². The molecule has 0 aliphatic rings. The summed E-state index contributed by atoms with van der Waals surface area (Å²) in [5.41, 5.74) is 0.887. The first-order valence-electron chi connectivity index (χ1n) is 8.88. The number of sulfonamides is 1. The van der Waals surface area contributed by atoms with Gasteiger partial charge in [-0.25, -0.2) is 13.1 Å². The van der Waals surface area contributed by atoms with E-state index in [2.05, 4.69) is 10.0 Å². The monoisotopic (exact) mass is 416 g/mol. The summed E-state index contributed by atoms with van der Waals surface area (Å²) in [4.78, 5) is 12.3. The maximum atomic E-state index is 12.5. The molecule has 1 unspecified atom stereocenters. The molecule has 0 spiro atoms. The van der Waals surface area contributed by atoms with Gasteiger partial charge in [0.05, 0.1) is 10.9 Å². The number of benzene rings is 3. The van der Waals surface area contributed by atoms with Crippen molar-refractivity contribution in [1.29, 1.82) is 0 Å². The van der Waals surface area contributed by atoms with Crippen molar-refractivity contribution in [2.45, 2.75) is 24.3 Å². The highest BCUT2D eigenvalue weighted by Gasteiger charge is 2.15. The van der Waals surface area contributed by atoms with Gasteiger partial charge in [0, 0.05) is 18.0 Å². The van der Waals surface area contributed by atoms with E-state index in [1.54, 1.807) is 30.3 Å². The third-order valence-corrected chi connectivity index (χ3v) is 6.10. The maximum absolute atomic E-state index is 12.5. The van der Waals surface area contributed by atoms with Gasteiger partial charge in [-0.15, -0.1) is 0 Å². The third-order valence-electron chi connectivity index (χ3n) is 4.40. The van der Waals surface area contributed by atoms with Gasteiger partial charge < -0.3 is 5.32 Å². The molecule has 0 heterocycles. The quantitative estimate of drug-likeness (QED) is 0.610. The lowest BCUT2D eigenvalue weighted by atomic mass is 10.1. The fourth-order valence-corrected chi connectivity index (χ4v) is 4.16. The summed E-state index contributed by atoms with van der Waals surface area (Å²) >= 11 is 5.96. The largest absolute Gasteiger partial charge is 0.350 e. The van der Waals surface area contributed by atoms with Crippen molar-refractivity contribution in [2.24, 2.45) is 0 Å². The molecule has 3 rings (SSSR count). The minimum Gasteiger partial charge on any atom is -0.350 e. The number of nitrogens with one attached hydrogen (secondary N) is 2. The molecule has 0 aromatic heterocycles. The molecule has 5 nitrogen and oxygen atoms in total. The molecular weight excluding hydrogens is 396 g/mol. The van der Waals surface area contributed by atoms with E-state index in [4.69, 9.17) is 11.6 Å². The van der Waals surface area contributed by atoms with Gasteiger partial charge in [-0.1, -0.05) is 54.1 Å². The van der Waals surface area contributed by atoms with Gasteiger partial charge in [-0.2, -0.15) is 0 Å². The number of hydrogen-bond acceptors (Lipinski definition) is 3. The van der Waals surface area contributed by atoms with Crippen LogP contribution in [-0.2, 0) is 14.8 Å². The molecule has 0 aliphatic heterocycles. The van der Waals surface area contributed by atoms with E-state index >= 15 is 0 Å². The summed E-state index contributed by atoms with van der Waals surface area (Å²) in [6.07, 6.45) is 0.0394. The van der Waals surface area contributed by atoms with Crippen LogP contribution in [0.5, 0.6) is 0 Å². The van der Waals surface area contributed by atoms with E-state index in [1.807, 2.05) is 43.3 Å². The molecule has 2 N–H and O–H groups in total. The van der Waals surface area contributed by atoms with Crippen LogP contribution in [0.4, 0.5) is 0 Å². The lowest BCUT2D eigenvalue weighted by molar-refractivity contribution is -0.121. The van der Waals surface area contributed by atoms with Gasteiger partial charge in [0.15, 0.2) is 0 Å². The normalized spacial score (nSPS) is 12.6. The van der Waals surface area contributed by atoms with Crippen molar-refractivity contribution in [3.8, 4) is 0 Å². The number of rotatable bonds is 7. The molecule has 146 valence electrons. The number of fused-ring (bicyclic) bond motifs is 1. The Kier molecular flexibility index (Phi) is 6.34. The number of carbonyl (C=O) groups is 1. The summed E-state index contributed by atoms with van der Waals surface area (Å²) in [7, 11) is -3.68. The zero-order valence-corrected chi connectivity index (χ0v) is 16.9. The minimum absolute atomic E-state index is 0.0171. The average molecular weight is 417 g/mol. The van der Waals surface area contributed by atoms with E-state index in [0.29, 0.717) is 5.02 Å². The van der Waals surface area contributed by atoms with Gasteiger partial charge in [-0.3, -0.25) is 4.79 Å². The van der Waals surface area contributed by atoms with Gasteiger partial charge in [0.2, 0.25) is 15.9 Å². The van der Waals surface area contributed by atoms with Gasteiger partial charge in [-0.05, 0) is 47.5 Å². The van der Waals surface area contributed by atoms with Crippen molar-refractivity contribution in [3.63, 3.8) is 0 Å². The Balaban J connectivity index is 1.56. The zero-order chi connectivity index (χ0) is 20.1. The van der Waals surface area contributed by atoms with E-state index in [-0.39, 0.29) is 29.8 Å². The van der Waals surface area contributed by atoms with Crippen LogP contribution in [0.1, 0.15) is 24.9 Å². The molecule has 0 bridgehead atoms. The van der Waals surface area contributed by atoms with E-state index in [0.717, 1.165) is 16.3 Å². The lowest BCUT2D eigenvalue weighted by Gasteiger charge is -2.15. The van der Waals surface area contributed by atoms with Crippen LogP contribution in [0, 0.1) is 0 Å². The van der Waals surface area contributed by atoms with Crippen LogP contribution in [0.15, 0.2) is 71.6 Å². The standard InChI is InChI=1S/C21H21ClN2O3S/c1-15(17-7-4-8-19(22)13-17)24-21(25)11-12-23-28(26,27)20-10-9-16-5-2-3-6-18(16)14-20/h2-10,13-15,23H,11-12H2,1H3,(H,24,25). The van der Waals surface area contributed by atoms with Crippen molar-refractivity contribution < 1.29 is 13.2 Å². The smallest absolute Gasteiger partial charge is 0.240 e. The molecular formula is C21H21ClN2O3S. The Hall–Kier alpha value is -2.41. The van der Waals surface area contributed by atoms with Crippen molar-refractivity contribution in [2.75, 3.05) is 6.54 Å². The minimum atomic E-state index is -3.68. The highest BCUT2D eigenvalue weighted by atomic mass is 35.5. The van der Waals surface area contributed by atoms with Crippen LogP contribution in [0.3, 0.4) is 0 Å². The predicted octanol–water partition coefficient (Wildman–Crippen LogP) is 4.04. The fourth-order valence-electron chi connectivity index (χ4n) is 2.89. The predicted molar refractivity (Wildman–Crippen MR) is 112 cm³/mol. The van der Waals surface area contributed by atoms with Crippen LogP contribution in [-0.4, -0.2) is 20.9 Å². The van der Waals surface area contributed by atoms with Gasteiger partial charge in [0.25, 0.3) is 0 Å². The van der Waals surface area contributed by atoms with Crippen LogP contribution < -0.4 is 10.0 Å². The Morgan fingerprint density at radius 1 is 1.00 bits per heavy atom. The highest BCUT2D eigenvalue weighted by Crippen LogP contribution is 2.19. The first-order chi connectivity index (χ1) is 13.3. The van der Waals surface area contributed by atoms with Crippen molar-refractivity contribution in [3.05, 3.63) is 77.3 Å². The molecule has 3 aromatic rings. The molecule has 3 aromatic carbocycles. The Morgan fingerprint density at radius 3 is 2.50 bits per heavy atom. The van der Waals surface area contributed by atoms with Crippen LogP contribution in [0.25, 0.3) is 10.8 Å². The first-order valence-corrected chi connectivity index (χ1v) is 10.7. The number of halogens is 1. The second kappa shape index (κ2) is 8.73. The topological polar surface area (TPSA) is 75.3 Å². The molecule has 0 fully saturated rings.